The molecule has 1 saturated heterocycles. The normalized spacial score (nSPS) is 22.7. The Morgan fingerprint density at radius 3 is 3.00 bits per heavy atom. The second-order valence-electron chi connectivity index (χ2n) is 7.51. The minimum absolute atomic E-state index is 0.0133. The number of ether oxygens (including phenoxy) is 1. The van der Waals surface area contributed by atoms with Crippen molar-refractivity contribution in [2.45, 2.75) is 51.6 Å². The molecule has 3 N–H and O–H groups in total. The van der Waals surface area contributed by atoms with Crippen LogP contribution >= 0.6 is 0 Å². The van der Waals surface area contributed by atoms with Crippen LogP contribution in [0.3, 0.4) is 0 Å². The summed E-state index contributed by atoms with van der Waals surface area (Å²) in [5, 5.41) is 20.4. The predicted molar refractivity (Wildman–Crippen MR) is 103 cm³/mol. The van der Waals surface area contributed by atoms with Gasteiger partial charge in [-0.15, -0.1) is 0 Å². The maximum absolute atomic E-state index is 12.3. The van der Waals surface area contributed by atoms with Crippen molar-refractivity contribution >= 4 is 5.96 Å². The maximum Gasteiger partial charge on any atom is 0.345 e. The lowest BCUT2D eigenvalue weighted by Crippen LogP contribution is -2.44. The number of aliphatic imine (C=N–C) groups is 1. The Hall–Kier alpha value is -1.87. The van der Waals surface area contributed by atoms with Gasteiger partial charge in [0, 0.05) is 58.3 Å². The fourth-order valence-corrected chi connectivity index (χ4v) is 3.83. The third-order valence-electron chi connectivity index (χ3n) is 5.55. The van der Waals surface area contributed by atoms with Gasteiger partial charge in [0.2, 0.25) is 0 Å². The summed E-state index contributed by atoms with van der Waals surface area (Å²) in [4.78, 5) is 16.6. The first-order valence-corrected chi connectivity index (χ1v) is 9.97. The molecule has 2 aliphatic rings. The Morgan fingerprint density at radius 2 is 2.30 bits per heavy atom. The Morgan fingerprint density at radius 1 is 1.41 bits per heavy atom. The third-order valence-corrected chi connectivity index (χ3v) is 5.55. The topological polar surface area (TPSA) is 106 Å². The number of aryl methyl sites for hydroxylation is 2. The summed E-state index contributed by atoms with van der Waals surface area (Å²) in [5.74, 6) is 1.65. The fourth-order valence-electron chi connectivity index (χ4n) is 3.83. The number of aliphatic hydroxyl groups is 1. The van der Waals surface area contributed by atoms with Gasteiger partial charge in [-0.3, -0.25) is 9.56 Å². The van der Waals surface area contributed by atoms with Crippen molar-refractivity contribution in [2.75, 3.05) is 40.0 Å². The second kappa shape index (κ2) is 9.36. The van der Waals surface area contributed by atoms with Crippen molar-refractivity contribution in [2.24, 2.45) is 10.4 Å². The first-order valence-electron chi connectivity index (χ1n) is 9.97. The van der Waals surface area contributed by atoms with Gasteiger partial charge in [0.25, 0.3) is 0 Å². The molecule has 3 rings (SSSR count). The second-order valence-corrected chi connectivity index (χ2v) is 7.51. The summed E-state index contributed by atoms with van der Waals surface area (Å²) >= 11 is 0. The molecule has 0 aliphatic carbocycles. The largest absolute Gasteiger partial charge is 0.396 e. The van der Waals surface area contributed by atoms with Crippen molar-refractivity contribution in [1.82, 2.24) is 25.0 Å². The number of hydrogen-bond donors (Lipinski definition) is 3. The molecule has 9 nitrogen and oxygen atoms in total. The van der Waals surface area contributed by atoms with Crippen molar-refractivity contribution in [3.8, 4) is 0 Å². The zero-order chi connectivity index (χ0) is 19.1. The van der Waals surface area contributed by atoms with Gasteiger partial charge in [-0.2, -0.15) is 5.10 Å². The van der Waals surface area contributed by atoms with Crippen LogP contribution in [0.1, 0.15) is 37.9 Å². The molecule has 1 aromatic rings. The Bertz CT molecular complexity index is 690. The highest BCUT2D eigenvalue weighted by Gasteiger charge is 2.34. The molecule has 2 aliphatic heterocycles. The minimum atomic E-state index is -0.0187. The smallest absolute Gasteiger partial charge is 0.345 e. The van der Waals surface area contributed by atoms with Crippen LogP contribution in [0.4, 0.5) is 0 Å². The molecule has 0 bridgehead atoms. The summed E-state index contributed by atoms with van der Waals surface area (Å²) in [6, 6.07) is 0. The van der Waals surface area contributed by atoms with Gasteiger partial charge >= 0.3 is 5.69 Å². The number of aromatic nitrogens is 3. The standard InChI is InChI=1S/C18H32N6O3/c1-19-16(21-13-18(6-11-25)7-12-27-14-18)20-8-4-10-24-17(26)23-9-3-2-5-15(23)22-24/h25H,2-14H2,1H3,(H2,19,20,21). The van der Waals surface area contributed by atoms with Crippen LogP contribution < -0.4 is 16.3 Å². The van der Waals surface area contributed by atoms with Gasteiger partial charge in [-0.05, 0) is 32.1 Å². The monoisotopic (exact) mass is 380 g/mol. The third kappa shape index (κ3) is 4.90. The molecule has 1 unspecified atom stereocenters. The van der Waals surface area contributed by atoms with Gasteiger partial charge in [0.05, 0.1) is 6.61 Å². The van der Waals surface area contributed by atoms with Gasteiger partial charge < -0.3 is 20.5 Å². The van der Waals surface area contributed by atoms with Gasteiger partial charge in [-0.1, -0.05) is 0 Å². The van der Waals surface area contributed by atoms with Crippen LogP contribution in [0, 0.1) is 5.41 Å². The number of hydrogen-bond acceptors (Lipinski definition) is 5. The highest BCUT2D eigenvalue weighted by molar-refractivity contribution is 5.79. The molecule has 0 amide bonds. The molecule has 27 heavy (non-hydrogen) atoms. The summed E-state index contributed by atoms with van der Waals surface area (Å²) in [5.41, 5.74) is -0.00535. The Labute approximate surface area is 159 Å². The zero-order valence-corrected chi connectivity index (χ0v) is 16.2. The molecule has 0 radical (unpaired) electrons. The zero-order valence-electron chi connectivity index (χ0n) is 16.2. The summed E-state index contributed by atoms with van der Waals surface area (Å²) in [7, 11) is 1.74. The Balaban J connectivity index is 1.42. The van der Waals surface area contributed by atoms with Gasteiger partial charge in [-0.25, -0.2) is 9.48 Å². The van der Waals surface area contributed by atoms with E-state index in [0.717, 1.165) is 70.0 Å². The molecule has 3 heterocycles. The van der Waals surface area contributed by atoms with Crippen LogP contribution in [-0.2, 0) is 24.2 Å². The average Bonchev–Trinajstić information content (AvgIpc) is 3.27. The first kappa shape index (κ1) is 19.9. The quantitative estimate of drug-likeness (QED) is 0.326. The minimum Gasteiger partial charge on any atom is -0.396 e. The number of rotatable bonds is 8. The van der Waals surface area contributed by atoms with E-state index >= 15 is 0 Å². The lowest BCUT2D eigenvalue weighted by atomic mass is 9.84. The molecule has 1 atom stereocenters. The van der Waals surface area contributed by atoms with E-state index in [0.29, 0.717) is 19.7 Å². The van der Waals surface area contributed by atoms with E-state index in [9.17, 15) is 9.90 Å². The van der Waals surface area contributed by atoms with Crippen molar-refractivity contribution in [3.05, 3.63) is 16.3 Å². The first-order chi connectivity index (χ1) is 13.2. The van der Waals surface area contributed by atoms with Crippen molar-refractivity contribution in [3.63, 3.8) is 0 Å². The van der Waals surface area contributed by atoms with Crippen LogP contribution in [0.15, 0.2) is 9.79 Å². The molecule has 9 heteroatoms. The van der Waals surface area contributed by atoms with E-state index in [4.69, 9.17) is 4.74 Å². The van der Waals surface area contributed by atoms with Crippen molar-refractivity contribution in [1.29, 1.82) is 0 Å². The summed E-state index contributed by atoms with van der Waals surface area (Å²) < 4.78 is 8.91. The van der Waals surface area contributed by atoms with Crippen LogP contribution in [0.25, 0.3) is 0 Å². The highest BCUT2D eigenvalue weighted by atomic mass is 16.5. The van der Waals surface area contributed by atoms with E-state index in [1.54, 1.807) is 11.7 Å². The van der Waals surface area contributed by atoms with E-state index in [1.807, 2.05) is 4.57 Å². The van der Waals surface area contributed by atoms with Gasteiger partial charge in [0.1, 0.15) is 5.82 Å². The number of nitrogens with one attached hydrogen (secondary N) is 2. The summed E-state index contributed by atoms with van der Waals surface area (Å²) in [6.07, 6.45) is 5.54. The molecule has 0 saturated carbocycles. The number of nitrogens with zero attached hydrogens (tertiary/aromatic N) is 4. The molecular weight excluding hydrogens is 348 g/mol. The van der Waals surface area contributed by atoms with Gasteiger partial charge in [0.15, 0.2) is 5.96 Å². The molecule has 1 fully saturated rings. The van der Waals surface area contributed by atoms with E-state index < -0.39 is 0 Å². The number of guanidine groups is 1. The predicted octanol–water partition coefficient (Wildman–Crippen LogP) is -0.275. The maximum atomic E-state index is 12.3. The highest BCUT2D eigenvalue weighted by Crippen LogP contribution is 2.31. The molecule has 0 aromatic carbocycles. The van der Waals surface area contributed by atoms with Crippen LogP contribution in [0.5, 0.6) is 0 Å². The van der Waals surface area contributed by atoms with Crippen molar-refractivity contribution < 1.29 is 9.84 Å². The number of aliphatic hydroxyl groups excluding tert-OH is 1. The molecule has 1 aromatic heterocycles. The van der Waals surface area contributed by atoms with E-state index in [-0.39, 0.29) is 17.7 Å². The lowest BCUT2D eigenvalue weighted by Gasteiger charge is -2.27. The fraction of sp³-hybridized carbons (Fsp3) is 0.833. The summed E-state index contributed by atoms with van der Waals surface area (Å²) in [6.45, 7) is 4.41. The molecular formula is C18H32N6O3. The van der Waals surface area contributed by atoms with E-state index in [1.165, 1.54) is 0 Å². The SMILES string of the molecule is CN=C(NCCCn1nc2n(c1=O)CCCC2)NCC1(CCO)CCOC1. The lowest BCUT2D eigenvalue weighted by molar-refractivity contribution is 0.127. The van der Waals surface area contributed by atoms with Crippen LogP contribution in [-0.4, -0.2) is 65.4 Å². The number of fused-ring (bicyclic) bond motifs is 1. The molecule has 152 valence electrons. The van der Waals surface area contributed by atoms with Crippen LogP contribution in [0.2, 0.25) is 0 Å². The van der Waals surface area contributed by atoms with E-state index in [2.05, 4.69) is 20.7 Å². The molecule has 0 spiro atoms. The Kier molecular flexibility index (Phi) is 6.89. The average molecular weight is 380 g/mol.